The van der Waals surface area contributed by atoms with Gasteiger partial charge in [-0.15, -0.1) is 0 Å². The number of aryl methyl sites for hydroxylation is 1. The summed E-state index contributed by atoms with van der Waals surface area (Å²) in [4.78, 5) is 27.5. The highest BCUT2D eigenvalue weighted by Crippen LogP contribution is 2.44. The first kappa shape index (κ1) is 19.7. The van der Waals surface area contributed by atoms with Gasteiger partial charge in [-0.25, -0.2) is 0 Å². The van der Waals surface area contributed by atoms with Crippen LogP contribution in [0.1, 0.15) is 37.4 Å². The molecular weight excluding hydrogens is 354 g/mol. The van der Waals surface area contributed by atoms with E-state index in [1.165, 1.54) is 12.0 Å². The Morgan fingerprint density at radius 1 is 1.18 bits per heavy atom. The van der Waals surface area contributed by atoms with Gasteiger partial charge in [0.1, 0.15) is 5.75 Å². The Hall–Kier alpha value is -3.08. The third kappa shape index (κ3) is 3.52. The van der Waals surface area contributed by atoms with Crippen LogP contribution >= 0.6 is 0 Å². The average Bonchev–Trinajstić information content (AvgIpc) is 2.92. The van der Waals surface area contributed by atoms with E-state index in [0.717, 1.165) is 11.1 Å². The Labute approximate surface area is 165 Å². The summed E-state index contributed by atoms with van der Waals surface area (Å²) in [7, 11) is 1.53. The second-order valence-electron chi connectivity index (χ2n) is 7.45. The molecule has 1 atom stereocenters. The molecule has 2 aromatic carbocycles. The third-order valence-electron chi connectivity index (χ3n) is 4.80. The van der Waals surface area contributed by atoms with Crippen molar-refractivity contribution in [2.75, 3.05) is 12.0 Å². The monoisotopic (exact) mass is 379 g/mol. The molecule has 0 bridgehead atoms. The van der Waals surface area contributed by atoms with Gasteiger partial charge in [0.25, 0.3) is 5.91 Å². The van der Waals surface area contributed by atoms with Crippen LogP contribution in [-0.2, 0) is 9.59 Å². The van der Waals surface area contributed by atoms with Crippen LogP contribution in [0.25, 0.3) is 0 Å². The van der Waals surface area contributed by atoms with Crippen molar-refractivity contribution in [3.63, 3.8) is 0 Å². The first-order valence-corrected chi connectivity index (χ1v) is 9.34. The number of Topliss-reactive ketones (excluding diaryl/α,β-unsaturated/α-hetero) is 1. The number of ketones is 1. The lowest BCUT2D eigenvalue weighted by Crippen LogP contribution is -2.31. The lowest BCUT2D eigenvalue weighted by molar-refractivity contribution is -0.118. The topological polar surface area (TPSA) is 66.8 Å². The molecule has 28 heavy (non-hydrogen) atoms. The van der Waals surface area contributed by atoms with Gasteiger partial charge in [-0.2, -0.15) is 0 Å². The number of hydrogen-bond acceptors (Lipinski definition) is 4. The molecule has 0 aliphatic carbocycles. The Balaban J connectivity index is 2.20. The summed E-state index contributed by atoms with van der Waals surface area (Å²) < 4.78 is 5.43. The number of carbonyl (C=O) groups is 2. The number of ether oxygens (including phenoxy) is 1. The molecule has 1 unspecified atom stereocenters. The average molecular weight is 379 g/mol. The number of nitrogens with zero attached hydrogens (tertiary/aromatic N) is 1. The van der Waals surface area contributed by atoms with Crippen molar-refractivity contribution in [2.24, 2.45) is 5.92 Å². The summed E-state index contributed by atoms with van der Waals surface area (Å²) in [6.07, 6.45) is 0.259. The highest BCUT2D eigenvalue weighted by atomic mass is 16.5. The second kappa shape index (κ2) is 7.89. The van der Waals surface area contributed by atoms with Crippen molar-refractivity contribution in [1.82, 2.24) is 0 Å². The van der Waals surface area contributed by atoms with E-state index in [1.54, 1.807) is 18.2 Å². The zero-order chi connectivity index (χ0) is 20.4. The number of carbonyl (C=O) groups excluding carboxylic acids is 2. The predicted octanol–water partition coefficient (Wildman–Crippen LogP) is 4.52. The zero-order valence-electron chi connectivity index (χ0n) is 16.6. The van der Waals surface area contributed by atoms with Gasteiger partial charge in [0.15, 0.2) is 11.5 Å². The molecule has 1 aliphatic rings. The molecule has 1 amide bonds. The molecule has 0 radical (unpaired) electrons. The third-order valence-corrected chi connectivity index (χ3v) is 4.80. The summed E-state index contributed by atoms with van der Waals surface area (Å²) in [5, 5.41) is 10.7. The van der Waals surface area contributed by atoms with Crippen LogP contribution < -0.4 is 9.64 Å². The van der Waals surface area contributed by atoms with Gasteiger partial charge in [-0.3, -0.25) is 14.5 Å². The molecule has 3 rings (SSSR count). The molecule has 0 saturated carbocycles. The Kier molecular flexibility index (Phi) is 5.54. The molecule has 5 nitrogen and oxygen atoms in total. The minimum absolute atomic E-state index is 0.112. The Morgan fingerprint density at radius 2 is 1.89 bits per heavy atom. The number of hydrogen-bond donors (Lipinski definition) is 1. The highest BCUT2D eigenvalue weighted by molar-refractivity contribution is 6.17. The fraction of sp³-hybridized carbons (Fsp3) is 0.304. The molecule has 2 aromatic rings. The predicted molar refractivity (Wildman–Crippen MR) is 109 cm³/mol. The summed E-state index contributed by atoms with van der Waals surface area (Å²) >= 11 is 0. The second-order valence-corrected chi connectivity index (χ2v) is 7.45. The van der Waals surface area contributed by atoms with Crippen LogP contribution in [0.5, 0.6) is 5.75 Å². The Morgan fingerprint density at radius 3 is 2.54 bits per heavy atom. The van der Waals surface area contributed by atoms with E-state index < -0.39 is 17.7 Å². The van der Waals surface area contributed by atoms with Crippen molar-refractivity contribution >= 4 is 17.4 Å². The van der Waals surface area contributed by atoms with Crippen LogP contribution in [0.2, 0.25) is 0 Å². The van der Waals surface area contributed by atoms with E-state index in [9.17, 15) is 14.7 Å². The molecule has 1 aliphatic heterocycles. The van der Waals surface area contributed by atoms with Crippen LogP contribution in [0.3, 0.4) is 0 Å². The molecule has 146 valence electrons. The summed E-state index contributed by atoms with van der Waals surface area (Å²) in [6.45, 7) is 5.82. The van der Waals surface area contributed by atoms with Crippen LogP contribution in [0, 0.1) is 12.8 Å². The minimum atomic E-state index is -0.699. The number of anilines is 1. The fourth-order valence-corrected chi connectivity index (χ4v) is 3.60. The van der Waals surface area contributed by atoms with Crippen molar-refractivity contribution in [3.8, 4) is 5.75 Å². The van der Waals surface area contributed by atoms with Crippen molar-refractivity contribution in [1.29, 1.82) is 0 Å². The number of aliphatic hydroxyl groups is 1. The number of methoxy groups -OCH3 is 1. The Bertz CT molecular complexity index is 945. The number of rotatable bonds is 6. The summed E-state index contributed by atoms with van der Waals surface area (Å²) in [5.41, 5.74) is 2.44. The fourth-order valence-electron chi connectivity index (χ4n) is 3.60. The molecule has 0 saturated heterocycles. The highest BCUT2D eigenvalue weighted by Gasteiger charge is 2.45. The molecule has 0 fully saturated rings. The molecule has 1 N–H and O–H groups in total. The lowest BCUT2D eigenvalue weighted by atomic mass is 9.91. The van der Waals surface area contributed by atoms with Gasteiger partial charge in [0.05, 0.1) is 24.4 Å². The van der Waals surface area contributed by atoms with Crippen molar-refractivity contribution < 1.29 is 19.4 Å². The van der Waals surface area contributed by atoms with Gasteiger partial charge in [0, 0.05) is 6.42 Å². The number of aliphatic hydroxyl groups excluding tert-OH is 1. The van der Waals surface area contributed by atoms with Crippen LogP contribution in [0.4, 0.5) is 5.69 Å². The maximum Gasteiger partial charge on any atom is 0.294 e. The van der Waals surface area contributed by atoms with E-state index >= 15 is 0 Å². The van der Waals surface area contributed by atoms with Crippen molar-refractivity contribution in [3.05, 3.63) is 71.0 Å². The van der Waals surface area contributed by atoms with E-state index in [1.807, 2.05) is 51.1 Å². The van der Waals surface area contributed by atoms with Gasteiger partial charge in [-0.1, -0.05) is 55.8 Å². The van der Waals surface area contributed by atoms with E-state index in [4.69, 9.17) is 4.74 Å². The van der Waals surface area contributed by atoms with E-state index in [2.05, 4.69) is 0 Å². The van der Waals surface area contributed by atoms with E-state index in [-0.39, 0.29) is 23.7 Å². The maximum atomic E-state index is 13.1. The lowest BCUT2D eigenvalue weighted by Gasteiger charge is -2.28. The smallest absolute Gasteiger partial charge is 0.294 e. The number of benzene rings is 2. The molecular formula is C23H25NO4. The maximum absolute atomic E-state index is 13.1. The van der Waals surface area contributed by atoms with Gasteiger partial charge < -0.3 is 9.84 Å². The van der Waals surface area contributed by atoms with Crippen LogP contribution in [-0.4, -0.2) is 23.9 Å². The van der Waals surface area contributed by atoms with Gasteiger partial charge in [-0.05, 0) is 30.5 Å². The zero-order valence-corrected chi connectivity index (χ0v) is 16.6. The minimum Gasteiger partial charge on any atom is -0.503 e. The van der Waals surface area contributed by atoms with Gasteiger partial charge >= 0.3 is 0 Å². The van der Waals surface area contributed by atoms with Crippen molar-refractivity contribution in [2.45, 2.75) is 33.2 Å². The van der Waals surface area contributed by atoms with Crippen LogP contribution in [0.15, 0.2) is 59.9 Å². The molecule has 0 aromatic heterocycles. The summed E-state index contributed by atoms with van der Waals surface area (Å²) in [6, 6.07) is 14.0. The SMILES string of the molecule is COc1ccccc1N1C(=O)C(O)=C(C(=O)CC(C)C)C1c1cccc(C)c1. The largest absolute Gasteiger partial charge is 0.503 e. The molecule has 0 spiro atoms. The molecule has 1 heterocycles. The first-order valence-electron chi connectivity index (χ1n) is 9.34. The quantitative estimate of drug-likeness (QED) is 0.801. The standard InChI is InChI=1S/C23H25NO4/c1-14(2)12-18(25)20-21(16-9-7-8-15(3)13-16)24(23(27)22(20)26)17-10-5-6-11-19(17)28-4/h5-11,13-14,21,26H,12H2,1-4H3. The van der Waals surface area contributed by atoms with Gasteiger partial charge in [0.2, 0.25) is 0 Å². The normalized spacial score (nSPS) is 16.8. The van der Waals surface area contributed by atoms with E-state index in [0.29, 0.717) is 11.4 Å². The number of amides is 1. The first-order chi connectivity index (χ1) is 13.3. The molecule has 5 heteroatoms. The summed E-state index contributed by atoms with van der Waals surface area (Å²) in [5.74, 6) is -0.684. The number of para-hydroxylation sites is 2.